The molecule has 0 bridgehead atoms. The number of nitrogens with zero attached hydrogens (tertiary/aromatic N) is 3. The zero-order valence-electron chi connectivity index (χ0n) is 20.0. The summed E-state index contributed by atoms with van der Waals surface area (Å²) in [6.07, 6.45) is 2.06. The van der Waals surface area contributed by atoms with Gasteiger partial charge in [0.1, 0.15) is 6.33 Å². The molecule has 2 saturated heterocycles. The number of halogens is 4. The van der Waals surface area contributed by atoms with Gasteiger partial charge in [0.15, 0.2) is 11.6 Å². The van der Waals surface area contributed by atoms with Crippen molar-refractivity contribution in [3.63, 3.8) is 0 Å². The molecule has 8 heteroatoms. The predicted molar refractivity (Wildman–Crippen MR) is 123 cm³/mol. The van der Waals surface area contributed by atoms with Crippen molar-refractivity contribution in [2.45, 2.75) is 77.6 Å². The van der Waals surface area contributed by atoms with Crippen LogP contribution in [-0.2, 0) is 17.3 Å². The Labute approximate surface area is 198 Å². The molecule has 2 aromatic rings. The quantitative estimate of drug-likeness (QED) is 0.445. The van der Waals surface area contributed by atoms with Gasteiger partial charge in [-0.2, -0.15) is 13.2 Å². The summed E-state index contributed by atoms with van der Waals surface area (Å²) in [5, 5.41) is 0. The number of aryl methyl sites for hydroxylation is 1. The lowest BCUT2D eigenvalue weighted by molar-refractivity contribution is -0.137. The summed E-state index contributed by atoms with van der Waals surface area (Å²) in [5.41, 5.74) is 0.459. The molecule has 0 saturated carbocycles. The van der Waals surface area contributed by atoms with Crippen LogP contribution >= 0.6 is 0 Å². The summed E-state index contributed by atoms with van der Waals surface area (Å²) in [6, 6.07) is 4.94. The first-order valence-electron chi connectivity index (χ1n) is 12.1. The van der Waals surface area contributed by atoms with Crippen LogP contribution in [0.2, 0.25) is 0 Å². The van der Waals surface area contributed by atoms with Crippen LogP contribution in [0.3, 0.4) is 0 Å². The fraction of sp³-hybridized carbons (Fsp3) is 0.615. The van der Waals surface area contributed by atoms with E-state index in [1.807, 2.05) is 4.90 Å². The molecule has 3 heterocycles. The molecule has 1 aromatic heterocycles. The van der Waals surface area contributed by atoms with Gasteiger partial charge in [0.25, 0.3) is 0 Å². The highest BCUT2D eigenvalue weighted by Crippen LogP contribution is 2.39. The van der Waals surface area contributed by atoms with Gasteiger partial charge in [0.05, 0.1) is 23.4 Å². The molecule has 0 N–H and O–H groups in total. The maximum absolute atomic E-state index is 15.6. The first kappa shape index (κ1) is 24.9. The second-order valence-corrected chi connectivity index (χ2v) is 10.5. The van der Waals surface area contributed by atoms with Crippen molar-refractivity contribution in [3.05, 3.63) is 53.2 Å². The van der Waals surface area contributed by atoms with Crippen LogP contribution in [0.15, 0.2) is 30.6 Å². The number of rotatable bonds is 5. The highest BCUT2D eigenvalue weighted by Gasteiger charge is 2.36. The number of hydrogen-bond acceptors (Lipinski definition) is 4. The zero-order chi connectivity index (χ0) is 24.5. The minimum absolute atomic E-state index is 0.0187. The van der Waals surface area contributed by atoms with Crippen LogP contribution in [0, 0.1) is 17.2 Å². The van der Waals surface area contributed by atoms with Gasteiger partial charge in [0, 0.05) is 13.2 Å². The molecular formula is C26H33F4N3O. The lowest BCUT2D eigenvalue weighted by Gasteiger charge is -2.40. The van der Waals surface area contributed by atoms with E-state index in [-0.39, 0.29) is 23.4 Å². The second-order valence-electron chi connectivity index (χ2n) is 10.5. The van der Waals surface area contributed by atoms with Crippen molar-refractivity contribution >= 4 is 5.82 Å². The number of anilines is 1. The highest BCUT2D eigenvalue weighted by atomic mass is 19.4. The number of aromatic nitrogens is 2. The van der Waals surface area contributed by atoms with Crippen LogP contribution < -0.4 is 4.90 Å². The Balaban J connectivity index is 1.51. The van der Waals surface area contributed by atoms with Crippen molar-refractivity contribution in [3.8, 4) is 0 Å². The van der Waals surface area contributed by atoms with Crippen LogP contribution in [0.25, 0.3) is 0 Å². The van der Waals surface area contributed by atoms with Crippen LogP contribution in [0.4, 0.5) is 23.4 Å². The van der Waals surface area contributed by atoms with Crippen molar-refractivity contribution < 1.29 is 22.3 Å². The molecule has 0 aliphatic carbocycles. The van der Waals surface area contributed by atoms with E-state index in [9.17, 15) is 13.2 Å². The number of ether oxygens (including phenoxy) is 1. The SMILES string of the molecule is CC(C)(C)C1OCCCC1CCc1ncnc(N2CCC[C@@H]2c2ccc(C(F)(F)F)cc2)c1F. The van der Waals surface area contributed by atoms with E-state index in [0.29, 0.717) is 24.6 Å². The second kappa shape index (κ2) is 9.80. The summed E-state index contributed by atoms with van der Waals surface area (Å²) in [6.45, 7) is 7.89. The molecular weight excluding hydrogens is 446 g/mol. The maximum atomic E-state index is 15.6. The van der Waals surface area contributed by atoms with Crippen LogP contribution in [0.1, 0.15) is 75.7 Å². The van der Waals surface area contributed by atoms with Crippen molar-refractivity contribution in [1.82, 2.24) is 9.97 Å². The molecule has 0 spiro atoms. The number of alkyl halides is 3. The van der Waals surface area contributed by atoms with Gasteiger partial charge >= 0.3 is 6.18 Å². The molecule has 4 rings (SSSR count). The van der Waals surface area contributed by atoms with Gasteiger partial charge in [-0.05, 0) is 67.6 Å². The Morgan fingerprint density at radius 1 is 1.03 bits per heavy atom. The van der Waals surface area contributed by atoms with Gasteiger partial charge in [-0.1, -0.05) is 32.9 Å². The predicted octanol–water partition coefficient (Wildman–Crippen LogP) is 6.75. The Hall–Kier alpha value is -2.22. The van der Waals surface area contributed by atoms with E-state index < -0.39 is 17.6 Å². The Morgan fingerprint density at radius 2 is 1.76 bits per heavy atom. The third-order valence-corrected chi connectivity index (χ3v) is 7.04. The molecule has 2 fully saturated rings. The molecule has 186 valence electrons. The zero-order valence-corrected chi connectivity index (χ0v) is 20.0. The minimum Gasteiger partial charge on any atom is -0.377 e. The van der Waals surface area contributed by atoms with E-state index in [1.54, 1.807) is 0 Å². The van der Waals surface area contributed by atoms with Crippen molar-refractivity contribution in [2.75, 3.05) is 18.1 Å². The van der Waals surface area contributed by atoms with Gasteiger partial charge < -0.3 is 9.64 Å². The van der Waals surface area contributed by atoms with Gasteiger partial charge in [-0.15, -0.1) is 0 Å². The third kappa shape index (κ3) is 5.37. The minimum atomic E-state index is -4.38. The first-order valence-corrected chi connectivity index (χ1v) is 12.1. The normalized spacial score (nSPS) is 24.0. The third-order valence-electron chi connectivity index (χ3n) is 7.04. The number of hydrogen-bond donors (Lipinski definition) is 0. The molecule has 1 aromatic carbocycles. The van der Waals surface area contributed by atoms with Crippen LogP contribution in [0.5, 0.6) is 0 Å². The molecule has 2 aliphatic rings. The van der Waals surface area contributed by atoms with E-state index in [1.165, 1.54) is 18.5 Å². The summed E-state index contributed by atoms with van der Waals surface area (Å²) < 4.78 is 60.5. The average molecular weight is 480 g/mol. The summed E-state index contributed by atoms with van der Waals surface area (Å²) >= 11 is 0. The summed E-state index contributed by atoms with van der Waals surface area (Å²) in [7, 11) is 0. The smallest absolute Gasteiger partial charge is 0.377 e. The molecule has 0 amide bonds. The van der Waals surface area contributed by atoms with Gasteiger partial charge in [-0.25, -0.2) is 14.4 Å². The van der Waals surface area contributed by atoms with Crippen LogP contribution in [-0.4, -0.2) is 29.2 Å². The Kier molecular flexibility index (Phi) is 7.17. The molecule has 2 aliphatic heterocycles. The average Bonchev–Trinajstić information content (AvgIpc) is 3.27. The Morgan fingerprint density at radius 3 is 2.44 bits per heavy atom. The van der Waals surface area contributed by atoms with E-state index in [0.717, 1.165) is 56.4 Å². The monoisotopic (exact) mass is 479 g/mol. The summed E-state index contributed by atoms with van der Waals surface area (Å²) in [4.78, 5) is 10.3. The van der Waals surface area contributed by atoms with E-state index >= 15 is 4.39 Å². The maximum Gasteiger partial charge on any atom is 0.416 e. The fourth-order valence-electron chi connectivity index (χ4n) is 5.45. The highest BCUT2D eigenvalue weighted by molar-refractivity contribution is 5.46. The largest absolute Gasteiger partial charge is 0.416 e. The van der Waals surface area contributed by atoms with Crippen molar-refractivity contribution in [1.29, 1.82) is 0 Å². The van der Waals surface area contributed by atoms with Gasteiger partial charge in [-0.3, -0.25) is 0 Å². The van der Waals surface area contributed by atoms with E-state index in [2.05, 4.69) is 30.7 Å². The molecule has 0 radical (unpaired) electrons. The lowest BCUT2D eigenvalue weighted by Crippen LogP contribution is -2.40. The number of benzene rings is 1. The van der Waals surface area contributed by atoms with Crippen molar-refractivity contribution in [2.24, 2.45) is 11.3 Å². The van der Waals surface area contributed by atoms with Gasteiger partial charge in [0.2, 0.25) is 0 Å². The molecule has 34 heavy (non-hydrogen) atoms. The topological polar surface area (TPSA) is 38.3 Å². The Bertz CT molecular complexity index is 971. The summed E-state index contributed by atoms with van der Waals surface area (Å²) in [5.74, 6) is 0.156. The molecule has 3 atom stereocenters. The van der Waals surface area contributed by atoms with E-state index in [4.69, 9.17) is 4.74 Å². The first-order chi connectivity index (χ1) is 16.1. The molecule has 2 unspecified atom stereocenters. The molecule has 4 nitrogen and oxygen atoms in total. The lowest BCUT2D eigenvalue weighted by atomic mass is 9.76. The standard InChI is InChI=1S/C26H33F4N3O/c1-25(2,3)23-18(6-5-15-34-23)10-13-20-22(27)24(32-16-31-20)33-14-4-7-21(33)17-8-11-19(12-9-17)26(28,29)30/h8-9,11-12,16,18,21,23H,4-7,10,13-15H2,1-3H3/t18?,21-,23?/m1/s1. The fourth-order valence-corrected chi connectivity index (χ4v) is 5.45.